The monoisotopic (exact) mass is 276 g/mol. The predicted molar refractivity (Wildman–Crippen MR) is 72.6 cm³/mol. The van der Waals surface area contributed by atoms with Crippen molar-refractivity contribution in [3.63, 3.8) is 0 Å². The molecular formula is C13H12N2O3S. The Labute approximate surface area is 114 Å². The van der Waals surface area contributed by atoms with Crippen molar-refractivity contribution >= 4 is 28.9 Å². The molecule has 2 heterocycles. The summed E-state index contributed by atoms with van der Waals surface area (Å²) >= 11 is 1.24. The molecule has 0 fully saturated rings. The number of anilines is 1. The molecule has 2 aromatic heterocycles. The largest absolute Gasteiger partial charge is 0.465 e. The van der Waals surface area contributed by atoms with E-state index in [1.807, 2.05) is 6.92 Å². The van der Waals surface area contributed by atoms with Gasteiger partial charge in [0, 0.05) is 12.4 Å². The molecule has 0 aliphatic heterocycles. The van der Waals surface area contributed by atoms with Gasteiger partial charge in [-0.05, 0) is 30.0 Å². The minimum Gasteiger partial charge on any atom is -0.465 e. The summed E-state index contributed by atoms with van der Waals surface area (Å²) in [6, 6.07) is 3.33. The molecule has 0 unspecified atom stereocenters. The fraction of sp³-hybridized carbons (Fsp3) is 0.154. The Bertz CT molecular complexity index is 608. The smallest absolute Gasteiger partial charge is 0.350 e. The summed E-state index contributed by atoms with van der Waals surface area (Å²) in [7, 11) is 1.31. The van der Waals surface area contributed by atoms with E-state index in [1.165, 1.54) is 24.6 Å². The molecule has 0 aliphatic carbocycles. The third-order valence-corrected chi connectivity index (χ3v) is 3.59. The fourth-order valence-electron chi connectivity index (χ4n) is 1.53. The second kappa shape index (κ2) is 5.62. The van der Waals surface area contributed by atoms with Gasteiger partial charge in [0.1, 0.15) is 4.88 Å². The van der Waals surface area contributed by atoms with Crippen molar-refractivity contribution in [2.24, 2.45) is 0 Å². The van der Waals surface area contributed by atoms with Gasteiger partial charge in [0.25, 0.3) is 5.91 Å². The highest BCUT2D eigenvalue weighted by Gasteiger charge is 2.19. The summed E-state index contributed by atoms with van der Waals surface area (Å²) in [4.78, 5) is 27.9. The maximum atomic E-state index is 12.0. The van der Waals surface area contributed by atoms with E-state index in [9.17, 15) is 9.59 Å². The number of esters is 1. The number of carbonyl (C=O) groups is 2. The van der Waals surface area contributed by atoms with Crippen molar-refractivity contribution in [1.82, 2.24) is 4.98 Å². The molecule has 5 nitrogen and oxygen atoms in total. The van der Waals surface area contributed by atoms with E-state index in [1.54, 1.807) is 23.7 Å². The van der Waals surface area contributed by atoms with Crippen molar-refractivity contribution in [1.29, 1.82) is 0 Å². The minimum absolute atomic E-state index is 0.306. The number of ether oxygens (including phenoxy) is 1. The van der Waals surface area contributed by atoms with Gasteiger partial charge >= 0.3 is 5.97 Å². The lowest BCUT2D eigenvalue weighted by atomic mass is 10.2. The average molecular weight is 276 g/mol. The van der Waals surface area contributed by atoms with Crippen LogP contribution >= 0.6 is 11.3 Å². The number of hydrogen-bond acceptors (Lipinski definition) is 5. The molecule has 0 aliphatic rings. The molecule has 0 atom stereocenters. The molecule has 2 rings (SSSR count). The van der Waals surface area contributed by atoms with Gasteiger partial charge in [-0.2, -0.15) is 0 Å². The Morgan fingerprint density at radius 2 is 2.21 bits per heavy atom. The number of aryl methyl sites for hydroxylation is 1. The highest BCUT2D eigenvalue weighted by atomic mass is 32.1. The van der Waals surface area contributed by atoms with E-state index in [4.69, 9.17) is 0 Å². The summed E-state index contributed by atoms with van der Waals surface area (Å²) in [6.45, 7) is 1.82. The number of nitrogens with one attached hydrogen (secondary N) is 1. The van der Waals surface area contributed by atoms with E-state index >= 15 is 0 Å². The number of aromatic nitrogens is 1. The molecule has 1 amide bonds. The van der Waals surface area contributed by atoms with Crippen LogP contribution in [0.3, 0.4) is 0 Å². The van der Waals surface area contributed by atoms with E-state index in [-0.39, 0.29) is 5.91 Å². The first-order chi connectivity index (χ1) is 9.13. The Kier molecular flexibility index (Phi) is 3.91. The van der Waals surface area contributed by atoms with E-state index in [2.05, 4.69) is 15.0 Å². The van der Waals surface area contributed by atoms with Crippen LogP contribution in [0.25, 0.3) is 0 Å². The zero-order valence-corrected chi connectivity index (χ0v) is 11.3. The van der Waals surface area contributed by atoms with Gasteiger partial charge in [0.05, 0.1) is 18.4 Å². The summed E-state index contributed by atoms with van der Waals surface area (Å²) in [6.07, 6.45) is 3.06. The standard InChI is InChI=1S/C13H12N2O3S/c1-8-7-19-11(13(17)18-2)10(8)15-12(16)9-4-3-5-14-6-9/h3-7H,1-2H3,(H,15,16). The first-order valence-electron chi connectivity index (χ1n) is 5.51. The summed E-state index contributed by atoms with van der Waals surface area (Å²) in [5.74, 6) is -0.765. The molecule has 98 valence electrons. The zero-order chi connectivity index (χ0) is 13.8. The molecule has 0 bridgehead atoms. The van der Waals surface area contributed by atoms with Gasteiger partial charge in [-0.25, -0.2) is 4.79 Å². The molecule has 0 radical (unpaired) electrons. The zero-order valence-electron chi connectivity index (χ0n) is 10.5. The van der Waals surface area contributed by atoms with E-state index in [0.717, 1.165) is 5.56 Å². The normalized spacial score (nSPS) is 10.0. The van der Waals surface area contributed by atoms with Crippen LogP contribution in [0.1, 0.15) is 25.6 Å². The number of carbonyl (C=O) groups excluding carboxylic acids is 2. The molecule has 0 spiro atoms. The number of rotatable bonds is 3. The number of amides is 1. The van der Waals surface area contributed by atoms with Crippen LogP contribution in [0.2, 0.25) is 0 Å². The third-order valence-electron chi connectivity index (χ3n) is 2.51. The number of pyridine rings is 1. The van der Waals surface area contributed by atoms with E-state index in [0.29, 0.717) is 16.1 Å². The number of methoxy groups -OCH3 is 1. The molecule has 1 N–H and O–H groups in total. The average Bonchev–Trinajstić information content (AvgIpc) is 2.80. The van der Waals surface area contributed by atoms with Gasteiger partial charge in [-0.3, -0.25) is 9.78 Å². The molecule has 6 heteroatoms. The van der Waals surface area contributed by atoms with Gasteiger partial charge in [0.2, 0.25) is 0 Å². The quantitative estimate of drug-likeness (QED) is 0.874. The van der Waals surface area contributed by atoms with Crippen LogP contribution in [0.4, 0.5) is 5.69 Å². The SMILES string of the molecule is COC(=O)c1scc(C)c1NC(=O)c1cccnc1. The second-order valence-corrected chi connectivity index (χ2v) is 4.69. The highest BCUT2D eigenvalue weighted by Crippen LogP contribution is 2.28. The summed E-state index contributed by atoms with van der Waals surface area (Å²) in [5, 5.41) is 4.52. The number of nitrogens with zero attached hydrogens (tertiary/aromatic N) is 1. The van der Waals surface area contributed by atoms with Gasteiger partial charge in [-0.15, -0.1) is 11.3 Å². The van der Waals surface area contributed by atoms with Crippen molar-refractivity contribution in [3.05, 3.63) is 45.9 Å². The molecule has 0 aromatic carbocycles. The first-order valence-corrected chi connectivity index (χ1v) is 6.39. The Morgan fingerprint density at radius 3 is 2.84 bits per heavy atom. The maximum Gasteiger partial charge on any atom is 0.350 e. The summed E-state index contributed by atoms with van der Waals surface area (Å²) in [5.41, 5.74) is 1.75. The second-order valence-electron chi connectivity index (χ2n) is 3.81. The Balaban J connectivity index is 2.27. The Hall–Kier alpha value is -2.21. The lowest BCUT2D eigenvalue weighted by molar-refractivity contribution is 0.0607. The van der Waals surface area contributed by atoms with Crippen LogP contribution in [0.15, 0.2) is 29.9 Å². The predicted octanol–water partition coefficient (Wildman–Crippen LogP) is 2.49. The van der Waals surface area contributed by atoms with Crippen molar-refractivity contribution in [2.75, 3.05) is 12.4 Å². The molecular weight excluding hydrogens is 264 g/mol. The first kappa shape index (κ1) is 13.2. The third kappa shape index (κ3) is 2.79. The topological polar surface area (TPSA) is 68.3 Å². The van der Waals surface area contributed by atoms with Crippen LogP contribution in [-0.4, -0.2) is 24.0 Å². The number of hydrogen-bond donors (Lipinski definition) is 1. The fourth-order valence-corrected chi connectivity index (χ4v) is 2.45. The van der Waals surface area contributed by atoms with Crippen LogP contribution < -0.4 is 5.32 Å². The maximum absolute atomic E-state index is 12.0. The van der Waals surface area contributed by atoms with Gasteiger partial charge in [0.15, 0.2) is 0 Å². The lowest BCUT2D eigenvalue weighted by Crippen LogP contribution is -2.14. The molecule has 19 heavy (non-hydrogen) atoms. The van der Waals surface area contributed by atoms with Crippen molar-refractivity contribution in [2.45, 2.75) is 6.92 Å². The summed E-state index contributed by atoms with van der Waals surface area (Å²) < 4.78 is 4.69. The highest BCUT2D eigenvalue weighted by molar-refractivity contribution is 7.12. The van der Waals surface area contributed by atoms with Crippen LogP contribution in [0.5, 0.6) is 0 Å². The van der Waals surface area contributed by atoms with Crippen LogP contribution in [-0.2, 0) is 4.74 Å². The molecule has 2 aromatic rings. The molecule has 0 saturated carbocycles. The lowest BCUT2D eigenvalue weighted by Gasteiger charge is -2.06. The molecule has 0 saturated heterocycles. The van der Waals surface area contributed by atoms with Gasteiger partial charge in [-0.1, -0.05) is 0 Å². The Morgan fingerprint density at radius 1 is 1.42 bits per heavy atom. The number of thiophene rings is 1. The minimum atomic E-state index is -0.459. The van der Waals surface area contributed by atoms with Crippen molar-refractivity contribution in [3.8, 4) is 0 Å². The van der Waals surface area contributed by atoms with Gasteiger partial charge < -0.3 is 10.1 Å². The van der Waals surface area contributed by atoms with Crippen LogP contribution in [0, 0.1) is 6.92 Å². The van der Waals surface area contributed by atoms with Crippen molar-refractivity contribution < 1.29 is 14.3 Å². The van der Waals surface area contributed by atoms with E-state index < -0.39 is 5.97 Å².